The van der Waals surface area contributed by atoms with Gasteiger partial charge in [-0.3, -0.25) is 4.90 Å². The molecule has 1 atom stereocenters. The summed E-state index contributed by atoms with van der Waals surface area (Å²) in [5.41, 5.74) is 5.06. The van der Waals surface area contributed by atoms with Crippen LogP contribution in [0.4, 0.5) is 10.6 Å². The second kappa shape index (κ2) is 10.7. The third-order valence-corrected chi connectivity index (χ3v) is 6.94. The number of hydrogen-bond donors (Lipinski definition) is 2. The fourth-order valence-electron chi connectivity index (χ4n) is 5.02. The standard InChI is InChI=1S/C28H33N5O/c34-28(31-20-26(32-15-6-7-16-32)24-9-2-1-3-10-24)30-19-22-12-13-27(29-18-22)33-17-14-23-8-4-5-11-25(23)21-33/h1-5,8-13,18,26H,6-7,14-17,19-21H2,(H2,30,31,34). The van der Waals surface area contributed by atoms with Gasteiger partial charge in [-0.15, -0.1) is 0 Å². The maximum absolute atomic E-state index is 12.5. The SMILES string of the molecule is O=C(NCc1ccc(N2CCc3ccccc3C2)nc1)NCC(c1ccccc1)N1CCCC1. The molecule has 2 N–H and O–H groups in total. The average Bonchev–Trinajstić information content (AvgIpc) is 3.43. The predicted octanol–water partition coefficient (Wildman–Crippen LogP) is 4.28. The van der Waals surface area contributed by atoms with Gasteiger partial charge in [0.2, 0.25) is 0 Å². The summed E-state index contributed by atoms with van der Waals surface area (Å²) in [6.45, 7) is 5.10. The Kier molecular flexibility index (Phi) is 7.05. The van der Waals surface area contributed by atoms with E-state index >= 15 is 0 Å². The van der Waals surface area contributed by atoms with Crippen LogP contribution in [0.25, 0.3) is 0 Å². The number of rotatable bonds is 7. The molecule has 1 fully saturated rings. The van der Waals surface area contributed by atoms with Gasteiger partial charge in [-0.1, -0.05) is 60.7 Å². The van der Waals surface area contributed by atoms with Gasteiger partial charge in [-0.2, -0.15) is 0 Å². The first-order valence-corrected chi connectivity index (χ1v) is 12.3. The molecule has 6 nitrogen and oxygen atoms in total. The van der Waals surface area contributed by atoms with Crippen LogP contribution in [0.15, 0.2) is 72.9 Å². The predicted molar refractivity (Wildman–Crippen MR) is 136 cm³/mol. The molecular formula is C28H33N5O. The Morgan fingerprint density at radius 2 is 1.65 bits per heavy atom. The van der Waals surface area contributed by atoms with Crippen LogP contribution in [0.2, 0.25) is 0 Å². The molecule has 2 amide bonds. The van der Waals surface area contributed by atoms with E-state index in [-0.39, 0.29) is 12.1 Å². The number of aromatic nitrogens is 1. The van der Waals surface area contributed by atoms with Gasteiger partial charge in [-0.05, 0) is 60.7 Å². The van der Waals surface area contributed by atoms with Gasteiger partial charge in [-0.25, -0.2) is 9.78 Å². The van der Waals surface area contributed by atoms with Crippen molar-refractivity contribution in [3.63, 3.8) is 0 Å². The molecule has 3 heterocycles. The first-order chi connectivity index (χ1) is 16.8. The fraction of sp³-hybridized carbons (Fsp3) is 0.357. The molecule has 2 aliphatic heterocycles. The molecule has 3 aromatic rings. The lowest BCUT2D eigenvalue weighted by atomic mass is 10.00. The fourth-order valence-corrected chi connectivity index (χ4v) is 5.02. The van der Waals surface area contributed by atoms with Gasteiger partial charge in [0.25, 0.3) is 0 Å². The number of benzene rings is 2. The third kappa shape index (κ3) is 5.39. The maximum atomic E-state index is 12.5. The maximum Gasteiger partial charge on any atom is 0.315 e. The van der Waals surface area contributed by atoms with Crippen LogP contribution < -0.4 is 15.5 Å². The van der Waals surface area contributed by atoms with Crippen molar-refractivity contribution >= 4 is 11.8 Å². The lowest BCUT2D eigenvalue weighted by Crippen LogP contribution is -2.41. The Labute approximate surface area is 202 Å². The zero-order valence-corrected chi connectivity index (χ0v) is 19.6. The normalized spacial score (nSPS) is 16.6. The van der Waals surface area contributed by atoms with E-state index in [4.69, 9.17) is 0 Å². The Balaban J connectivity index is 1.12. The Morgan fingerprint density at radius 3 is 2.41 bits per heavy atom. The highest BCUT2D eigenvalue weighted by molar-refractivity contribution is 5.73. The number of nitrogens with zero attached hydrogens (tertiary/aromatic N) is 3. The van der Waals surface area contributed by atoms with E-state index in [1.165, 1.54) is 29.5 Å². The Morgan fingerprint density at radius 1 is 0.882 bits per heavy atom. The second-order valence-corrected chi connectivity index (χ2v) is 9.20. The first kappa shape index (κ1) is 22.4. The summed E-state index contributed by atoms with van der Waals surface area (Å²) >= 11 is 0. The largest absolute Gasteiger partial charge is 0.352 e. The molecule has 5 rings (SSSR count). The monoisotopic (exact) mass is 455 g/mol. The van der Waals surface area contributed by atoms with Crippen molar-refractivity contribution in [2.75, 3.05) is 31.1 Å². The number of nitrogens with one attached hydrogen (secondary N) is 2. The summed E-state index contributed by atoms with van der Waals surface area (Å²) < 4.78 is 0. The summed E-state index contributed by atoms with van der Waals surface area (Å²) in [5.74, 6) is 0.985. The van der Waals surface area contributed by atoms with Gasteiger partial charge in [0.15, 0.2) is 0 Å². The van der Waals surface area contributed by atoms with Crippen LogP contribution in [-0.2, 0) is 19.5 Å². The Hall–Kier alpha value is -3.38. The molecule has 0 radical (unpaired) electrons. The minimum atomic E-state index is -0.142. The topological polar surface area (TPSA) is 60.5 Å². The molecule has 6 heteroatoms. The summed E-state index contributed by atoms with van der Waals surface area (Å²) in [6.07, 6.45) is 5.36. The number of urea groups is 1. The molecule has 1 unspecified atom stereocenters. The smallest absolute Gasteiger partial charge is 0.315 e. The van der Waals surface area contributed by atoms with E-state index in [9.17, 15) is 4.79 Å². The minimum Gasteiger partial charge on any atom is -0.352 e. The quantitative estimate of drug-likeness (QED) is 0.558. The summed E-state index contributed by atoms with van der Waals surface area (Å²) in [4.78, 5) is 22.0. The van der Waals surface area contributed by atoms with E-state index in [0.717, 1.165) is 44.0 Å². The van der Waals surface area contributed by atoms with Gasteiger partial charge in [0.05, 0.1) is 6.04 Å². The van der Waals surface area contributed by atoms with Crippen LogP contribution in [-0.4, -0.2) is 42.1 Å². The summed E-state index contributed by atoms with van der Waals surface area (Å²) in [6, 6.07) is 23.3. The highest BCUT2D eigenvalue weighted by atomic mass is 16.2. The van der Waals surface area contributed by atoms with Gasteiger partial charge < -0.3 is 15.5 Å². The van der Waals surface area contributed by atoms with Crippen LogP contribution in [0.5, 0.6) is 0 Å². The van der Waals surface area contributed by atoms with Crippen LogP contribution in [0.1, 0.15) is 41.1 Å². The first-order valence-electron chi connectivity index (χ1n) is 12.3. The van der Waals surface area contributed by atoms with Crippen molar-refractivity contribution in [3.8, 4) is 0 Å². The molecule has 1 aromatic heterocycles. The van der Waals surface area contributed by atoms with Crippen molar-refractivity contribution < 1.29 is 4.79 Å². The molecule has 0 saturated carbocycles. The molecule has 0 aliphatic carbocycles. The zero-order valence-electron chi connectivity index (χ0n) is 19.6. The number of amides is 2. The lowest BCUT2D eigenvalue weighted by molar-refractivity contribution is 0.220. The number of carbonyl (C=O) groups excluding carboxylic acids is 1. The van der Waals surface area contributed by atoms with E-state index in [1.807, 2.05) is 12.3 Å². The number of anilines is 1. The third-order valence-electron chi connectivity index (χ3n) is 6.94. The van der Waals surface area contributed by atoms with E-state index < -0.39 is 0 Å². The van der Waals surface area contributed by atoms with E-state index in [2.05, 4.69) is 86.1 Å². The molecule has 176 valence electrons. The highest BCUT2D eigenvalue weighted by Crippen LogP contribution is 2.25. The van der Waals surface area contributed by atoms with Crippen molar-refractivity contribution in [2.24, 2.45) is 0 Å². The molecule has 0 spiro atoms. The Bertz CT molecular complexity index is 1080. The van der Waals surface area contributed by atoms with Crippen molar-refractivity contribution in [1.29, 1.82) is 0 Å². The number of likely N-dealkylation sites (tertiary alicyclic amines) is 1. The summed E-state index contributed by atoms with van der Waals surface area (Å²) in [7, 11) is 0. The average molecular weight is 456 g/mol. The summed E-state index contributed by atoms with van der Waals surface area (Å²) in [5, 5.41) is 6.07. The van der Waals surface area contributed by atoms with Crippen LogP contribution in [0.3, 0.4) is 0 Å². The van der Waals surface area contributed by atoms with Crippen LogP contribution >= 0.6 is 0 Å². The molecular weight excluding hydrogens is 422 g/mol. The zero-order chi connectivity index (χ0) is 23.2. The van der Waals surface area contributed by atoms with E-state index in [0.29, 0.717) is 13.1 Å². The number of fused-ring (bicyclic) bond motifs is 1. The highest BCUT2D eigenvalue weighted by Gasteiger charge is 2.23. The lowest BCUT2D eigenvalue weighted by Gasteiger charge is -2.29. The van der Waals surface area contributed by atoms with Gasteiger partial charge in [0.1, 0.15) is 5.82 Å². The van der Waals surface area contributed by atoms with Crippen LogP contribution in [0, 0.1) is 0 Å². The van der Waals surface area contributed by atoms with Gasteiger partial charge in [0, 0.05) is 32.4 Å². The molecule has 2 aliphatic rings. The van der Waals surface area contributed by atoms with Crippen molar-refractivity contribution in [1.82, 2.24) is 20.5 Å². The molecule has 1 saturated heterocycles. The molecule has 34 heavy (non-hydrogen) atoms. The minimum absolute atomic E-state index is 0.142. The molecule has 2 aromatic carbocycles. The molecule has 0 bridgehead atoms. The van der Waals surface area contributed by atoms with Gasteiger partial charge >= 0.3 is 6.03 Å². The van der Waals surface area contributed by atoms with Crippen molar-refractivity contribution in [3.05, 3.63) is 95.2 Å². The number of hydrogen-bond acceptors (Lipinski definition) is 4. The number of carbonyl (C=O) groups is 1. The van der Waals surface area contributed by atoms with E-state index in [1.54, 1.807) is 0 Å². The number of pyridine rings is 1. The van der Waals surface area contributed by atoms with Crippen molar-refractivity contribution in [2.45, 2.75) is 38.4 Å². The second-order valence-electron chi connectivity index (χ2n) is 9.20.